The molecule has 0 unspecified atom stereocenters. The van der Waals surface area contributed by atoms with Crippen molar-refractivity contribution in [2.24, 2.45) is 0 Å². The maximum Gasteiger partial charge on any atom is 0.174 e. The number of benzene rings is 1. The van der Waals surface area contributed by atoms with Gasteiger partial charge < -0.3 is 10.2 Å². The molecule has 0 bridgehead atoms. The van der Waals surface area contributed by atoms with E-state index in [1.54, 1.807) is 11.3 Å². The van der Waals surface area contributed by atoms with Gasteiger partial charge in [-0.2, -0.15) is 0 Å². The molecule has 1 aromatic heterocycles. The van der Waals surface area contributed by atoms with Crippen LogP contribution in [0.1, 0.15) is 49.9 Å². The molecule has 1 aromatic carbocycles. The summed E-state index contributed by atoms with van der Waals surface area (Å²) in [6, 6.07) is 12.9. The van der Waals surface area contributed by atoms with Crippen LogP contribution in [0.5, 0.6) is 0 Å². The van der Waals surface area contributed by atoms with E-state index in [-0.39, 0.29) is 6.04 Å². The Labute approximate surface area is 158 Å². The van der Waals surface area contributed by atoms with Crippen LogP contribution in [0.3, 0.4) is 0 Å². The van der Waals surface area contributed by atoms with Gasteiger partial charge in [0.25, 0.3) is 0 Å². The van der Waals surface area contributed by atoms with Crippen molar-refractivity contribution in [1.29, 1.82) is 0 Å². The third-order valence-electron chi connectivity index (χ3n) is 4.69. The summed E-state index contributed by atoms with van der Waals surface area (Å²) in [5.74, 6) is 0. The first-order chi connectivity index (χ1) is 11.7. The fourth-order valence-electron chi connectivity index (χ4n) is 3.43. The van der Waals surface area contributed by atoms with E-state index in [1.165, 1.54) is 37.0 Å². The molecule has 24 heavy (non-hydrogen) atoms. The monoisotopic (exact) mass is 378 g/mol. The van der Waals surface area contributed by atoms with Crippen molar-refractivity contribution >= 4 is 46.0 Å². The van der Waals surface area contributed by atoms with Crippen LogP contribution in [0.15, 0.2) is 41.8 Å². The van der Waals surface area contributed by atoms with Crippen LogP contribution in [0.25, 0.3) is 0 Å². The highest BCUT2D eigenvalue weighted by Crippen LogP contribution is 2.33. The lowest BCUT2D eigenvalue weighted by atomic mass is 9.93. The Hall–Kier alpha value is -1.10. The molecule has 2 aromatic rings. The van der Waals surface area contributed by atoms with Gasteiger partial charge in [0.2, 0.25) is 0 Å². The molecule has 0 radical (unpaired) electrons. The maximum atomic E-state index is 6.30. The zero-order valence-electron chi connectivity index (χ0n) is 13.9. The van der Waals surface area contributed by atoms with Crippen LogP contribution >= 0.6 is 35.2 Å². The first-order valence-electron chi connectivity index (χ1n) is 8.54. The Bertz CT molecular complexity index is 666. The average Bonchev–Trinajstić information content (AvgIpc) is 3.13. The molecule has 1 saturated carbocycles. The van der Waals surface area contributed by atoms with Crippen LogP contribution < -0.4 is 5.32 Å². The molecule has 0 amide bonds. The fourth-order valence-corrected chi connectivity index (χ4v) is 4.81. The average molecular weight is 379 g/mol. The maximum absolute atomic E-state index is 6.30. The zero-order valence-corrected chi connectivity index (χ0v) is 16.3. The summed E-state index contributed by atoms with van der Waals surface area (Å²) in [6.07, 6.45) is 6.32. The lowest BCUT2D eigenvalue weighted by Crippen LogP contribution is -2.45. The molecular formula is C19H23ClN2S2. The second-order valence-electron chi connectivity index (χ2n) is 6.30. The van der Waals surface area contributed by atoms with Gasteiger partial charge in [-0.25, -0.2) is 0 Å². The molecule has 0 saturated heterocycles. The predicted molar refractivity (Wildman–Crippen MR) is 109 cm³/mol. The SMILES string of the molecule is C[C@@H](c1cccs1)N(C(=S)Nc1ccccc1Cl)C1CCCCC1. The zero-order chi connectivity index (χ0) is 16.9. The molecule has 1 fully saturated rings. The summed E-state index contributed by atoms with van der Waals surface area (Å²) in [7, 11) is 0. The number of thiophene rings is 1. The number of hydrogen-bond donors (Lipinski definition) is 1. The van der Waals surface area contributed by atoms with Gasteiger partial charge in [0.05, 0.1) is 16.8 Å². The van der Waals surface area contributed by atoms with E-state index in [2.05, 4.69) is 34.7 Å². The molecule has 1 aliphatic rings. The van der Waals surface area contributed by atoms with Crippen molar-refractivity contribution in [3.63, 3.8) is 0 Å². The number of anilines is 1. The van der Waals surface area contributed by atoms with E-state index in [0.29, 0.717) is 11.1 Å². The van der Waals surface area contributed by atoms with E-state index in [4.69, 9.17) is 23.8 Å². The number of para-hydroxylation sites is 1. The van der Waals surface area contributed by atoms with Gasteiger partial charge in [0.1, 0.15) is 0 Å². The van der Waals surface area contributed by atoms with Crippen LogP contribution in [0.4, 0.5) is 5.69 Å². The molecule has 3 rings (SSSR count). The smallest absolute Gasteiger partial charge is 0.174 e. The molecule has 1 N–H and O–H groups in total. The fraction of sp³-hybridized carbons (Fsp3) is 0.421. The van der Waals surface area contributed by atoms with E-state index in [9.17, 15) is 0 Å². The largest absolute Gasteiger partial charge is 0.338 e. The first-order valence-corrected chi connectivity index (χ1v) is 10.2. The lowest BCUT2D eigenvalue weighted by Gasteiger charge is -2.40. The minimum Gasteiger partial charge on any atom is -0.338 e. The van der Waals surface area contributed by atoms with E-state index < -0.39 is 0 Å². The Balaban J connectivity index is 1.83. The summed E-state index contributed by atoms with van der Waals surface area (Å²) in [6.45, 7) is 2.25. The van der Waals surface area contributed by atoms with E-state index >= 15 is 0 Å². The van der Waals surface area contributed by atoms with Crippen molar-refractivity contribution in [1.82, 2.24) is 4.90 Å². The number of nitrogens with one attached hydrogen (secondary N) is 1. The van der Waals surface area contributed by atoms with Crippen LogP contribution in [0, 0.1) is 0 Å². The summed E-state index contributed by atoms with van der Waals surface area (Å²) < 4.78 is 0. The van der Waals surface area contributed by atoms with Gasteiger partial charge in [0, 0.05) is 10.9 Å². The van der Waals surface area contributed by atoms with E-state index in [1.807, 2.05) is 24.3 Å². The van der Waals surface area contributed by atoms with Crippen molar-refractivity contribution in [2.75, 3.05) is 5.32 Å². The van der Waals surface area contributed by atoms with Gasteiger partial charge in [-0.15, -0.1) is 11.3 Å². The number of nitrogens with zero attached hydrogens (tertiary/aromatic N) is 1. The Morgan fingerprint density at radius 1 is 1.21 bits per heavy atom. The number of thiocarbonyl (C=S) groups is 1. The molecule has 2 nitrogen and oxygen atoms in total. The molecule has 0 aliphatic heterocycles. The van der Waals surface area contributed by atoms with Crippen molar-refractivity contribution < 1.29 is 0 Å². The van der Waals surface area contributed by atoms with E-state index in [0.717, 1.165) is 10.8 Å². The number of halogens is 1. The normalized spacial score (nSPS) is 16.6. The molecule has 0 spiro atoms. The minimum atomic E-state index is 0.274. The Morgan fingerprint density at radius 3 is 2.62 bits per heavy atom. The third-order valence-corrected chi connectivity index (χ3v) is 6.38. The standard InChI is InChI=1S/C19H23ClN2S2/c1-14(18-12-7-13-24-18)22(15-8-3-2-4-9-15)19(23)21-17-11-6-5-10-16(17)20/h5-7,10-15H,2-4,8-9H2,1H3,(H,21,23)/t14-/m0/s1. The van der Waals surface area contributed by atoms with Crippen LogP contribution in [-0.2, 0) is 0 Å². The van der Waals surface area contributed by atoms with Crippen molar-refractivity contribution in [3.8, 4) is 0 Å². The van der Waals surface area contributed by atoms with Gasteiger partial charge >= 0.3 is 0 Å². The van der Waals surface area contributed by atoms with Gasteiger partial charge in [0.15, 0.2) is 5.11 Å². The number of hydrogen-bond acceptors (Lipinski definition) is 2. The highest BCUT2D eigenvalue weighted by molar-refractivity contribution is 7.80. The molecule has 1 heterocycles. The molecule has 5 heteroatoms. The van der Waals surface area contributed by atoms with Crippen LogP contribution in [-0.4, -0.2) is 16.1 Å². The first kappa shape index (κ1) is 17.7. The van der Waals surface area contributed by atoms with Crippen molar-refractivity contribution in [3.05, 3.63) is 51.7 Å². The lowest BCUT2D eigenvalue weighted by molar-refractivity contribution is 0.205. The summed E-state index contributed by atoms with van der Waals surface area (Å²) in [5, 5.41) is 6.99. The number of rotatable bonds is 4. The van der Waals surface area contributed by atoms with Crippen molar-refractivity contribution in [2.45, 2.75) is 51.1 Å². The quantitative estimate of drug-likeness (QED) is 0.611. The topological polar surface area (TPSA) is 15.3 Å². The second-order valence-corrected chi connectivity index (χ2v) is 8.07. The van der Waals surface area contributed by atoms with Crippen LogP contribution in [0.2, 0.25) is 5.02 Å². The highest BCUT2D eigenvalue weighted by atomic mass is 35.5. The predicted octanol–water partition coefficient (Wildman–Crippen LogP) is 6.49. The second kappa shape index (κ2) is 8.32. The molecular weight excluding hydrogens is 356 g/mol. The summed E-state index contributed by atoms with van der Waals surface area (Å²) >= 11 is 13.9. The van der Waals surface area contributed by atoms with Gasteiger partial charge in [-0.3, -0.25) is 0 Å². The molecule has 1 aliphatic carbocycles. The Kier molecular flexibility index (Phi) is 6.14. The summed E-state index contributed by atoms with van der Waals surface area (Å²) in [4.78, 5) is 3.74. The van der Waals surface area contributed by atoms with Gasteiger partial charge in [-0.05, 0) is 55.6 Å². The minimum absolute atomic E-state index is 0.274. The Morgan fingerprint density at radius 2 is 1.96 bits per heavy atom. The summed E-state index contributed by atoms with van der Waals surface area (Å²) in [5.41, 5.74) is 0.878. The molecule has 128 valence electrons. The molecule has 1 atom stereocenters. The van der Waals surface area contributed by atoms with Gasteiger partial charge in [-0.1, -0.05) is 49.1 Å². The third kappa shape index (κ3) is 4.11. The highest BCUT2D eigenvalue weighted by Gasteiger charge is 2.29.